The van der Waals surface area contributed by atoms with Crippen molar-refractivity contribution in [3.63, 3.8) is 0 Å². The Morgan fingerprint density at radius 3 is 2.30 bits per heavy atom. The van der Waals surface area contributed by atoms with Crippen LogP contribution >= 0.6 is 11.3 Å². The van der Waals surface area contributed by atoms with Crippen LogP contribution in [-0.4, -0.2) is 51.0 Å². The maximum Gasteiger partial charge on any atom is 0.279 e. The third kappa shape index (κ3) is 5.13. The molecule has 0 atom stereocenters. The second kappa shape index (κ2) is 10.5. The van der Waals surface area contributed by atoms with Gasteiger partial charge in [0.25, 0.3) is 5.91 Å². The van der Waals surface area contributed by atoms with Crippen molar-refractivity contribution in [1.29, 1.82) is 0 Å². The zero-order chi connectivity index (χ0) is 24.2. The minimum atomic E-state index is -3.59. The summed E-state index contributed by atoms with van der Waals surface area (Å²) in [4.78, 5) is 17.9. The van der Waals surface area contributed by atoms with E-state index in [-0.39, 0.29) is 4.90 Å². The lowest BCUT2D eigenvalue weighted by molar-refractivity contribution is 0.0997. The predicted molar refractivity (Wildman–Crippen MR) is 130 cm³/mol. The molecule has 8 nitrogen and oxygen atoms in total. The number of sulfonamides is 1. The van der Waals surface area contributed by atoms with Crippen LogP contribution < -0.4 is 14.3 Å². The van der Waals surface area contributed by atoms with Crippen LogP contribution in [0.3, 0.4) is 0 Å². The lowest BCUT2D eigenvalue weighted by Crippen LogP contribution is -2.27. The number of hydrogen-bond acceptors (Lipinski definition) is 6. The number of rotatable bonds is 9. The Balaban J connectivity index is 1.95. The molecule has 10 heteroatoms. The summed E-state index contributed by atoms with van der Waals surface area (Å²) in [6.07, 6.45) is 1.69. The van der Waals surface area contributed by atoms with E-state index in [9.17, 15) is 13.2 Å². The van der Waals surface area contributed by atoms with Gasteiger partial charge in [0, 0.05) is 37.8 Å². The summed E-state index contributed by atoms with van der Waals surface area (Å²) in [6.45, 7) is 5.05. The summed E-state index contributed by atoms with van der Waals surface area (Å²) in [5, 5.41) is 0. The molecule has 0 aliphatic rings. The molecule has 0 saturated heterocycles. The van der Waals surface area contributed by atoms with Crippen molar-refractivity contribution >= 4 is 37.5 Å². The molecule has 0 aliphatic carbocycles. The number of aromatic nitrogens is 1. The molecule has 0 bridgehead atoms. The fourth-order valence-corrected chi connectivity index (χ4v) is 5.70. The van der Waals surface area contributed by atoms with Crippen LogP contribution in [0.1, 0.15) is 37.0 Å². The van der Waals surface area contributed by atoms with Crippen LogP contribution in [-0.2, 0) is 16.6 Å². The Kier molecular flexibility index (Phi) is 7.93. The maximum absolute atomic E-state index is 12.9. The number of aryl methyl sites for hydroxylation is 1. The number of ether oxygens (including phenoxy) is 2. The molecule has 3 aromatic rings. The highest BCUT2D eigenvalue weighted by atomic mass is 32.2. The highest BCUT2D eigenvalue weighted by molar-refractivity contribution is 7.89. The van der Waals surface area contributed by atoms with E-state index >= 15 is 0 Å². The summed E-state index contributed by atoms with van der Waals surface area (Å²) in [5.74, 6) is 0.766. The van der Waals surface area contributed by atoms with Crippen molar-refractivity contribution in [2.45, 2.75) is 38.1 Å². The summed E-state index contributed by atoms with van der Waals surface area (Å²) in [6, 6.07) is 9.64. The fraction of sp³-hybridized carbons (Fsp3) is 0.391. The third-order valence-corrected chi connectivity index (χ3v) is 8.25. The average Bonchev–Trinajstić information content (AvgIpc) is 3.16. The largest absolute Gasteiger partial charge is 0.493 e. The first-order valence-electron chi connectivity index (χ1n) is 10.7. The van der Waals surface area contributed by atoms with Gasteiger partial charge >= 0.3 is 0 Å². The van der Waals surface area contributed by atoms with Crippen LogP contribution in [0.4, 0.5) is 0 Å². The lowest BCUT2D eigenvalue weighted by Gasteiger charge is -2.16. The molecule has 3 rings (SSSR count). The molecule has 0 fully saturated rings. The molecular weight excluding hydrogens is 462 g/mol. The van der Waals surface area contributed by atoms with Gasteiger partial charge in [-0.05, 0) is 37.6 Å². The summed E-state index contributed by atoms with van der Waals surface area (Å²) >= 11 is 1.38. The second-order valence-corrected chi connectivity index (χ2v) is 10.5. The van der Waals surface area contributed by atoms with Gasteiger partial charge in [-0.1, -0.05) is 24.7 Å². The number of nitrogens with zero attached hydrogens (tertiary/aromatic N) is 3. The predicted octanol–water partition coefficient (Wildman–Crippen LogP) is 3.90. The van der Waals surface area contributed by atoms with Gasteiger partial charge in [0.15, 0.2) is 16.3 Å². The second-order valence-electron chi connectivity index (χ2n) is 7.43. The maximum atomic E-state index is 12.9. The lowest BCUT2D eigenvalue weighted by atomic mass is 10.2. The highest BCUT2D eigenvalue weighted by Crippen LogP contribution is 2.33. The van der Waals surface area contributed by atoms with Gasteiger partial charge in [-0.25, -0.2) is 12.7 Å². The van der Waals surface area contributed by atoms with Crippen molar-refractivity contribution in [2.75, 3.05) is 27.8 Å². The van der Waals surface area contributed by atoms with E-state index in [0.29, 0.717) is 35.0 Å². The van der Waals surface area contributed by atoms with E-state index < -0.39 is 15.9 Å². The number of carbonyl (C=O) groups is 1. The molecule has 1 aromatic heterocycles. The monoisotopic (exact) mass is 491 g/mol. The highest BCUT2D eigenvalue weighted by Gasteiger charge is 2.20. The van der Waals surface area contributed by atoms with E-state index in [1.165, 1.54) is 39.9 Å². The van der Waals surface area contributed by atoms with Crippen LogP contribution in [0.15, 0.2) is 46.3 Å². The molecule has 0 spiro atoms. The Morgan fingerprint density at radius 2 is 1.73 bits per heavy atom. The zero-order valence-electron chi connectivity index (χ0n) is 19.5. The van der Waals surface area contributed by atoms with Gasteiger partial charge in [-0.15, -0.1) is 0 Å². The standard InChI is InChI=1S/C23H29N3O5S2/c1-6-8-13-25(3)33(28,29)17-11-9-16(10-12-17)22(27)24-23-26(7-2)18-14-19(30-4)20(31-5)15-21(18)32-23/h9-12,14-15H,6-8,13H2,1-5H3. The molecule has 0 N–H and O–H groups in total. The Hall–Kier alpha value is -2.69. The summed E-state index contributed by atoms with van der Waals surface area (Å²) in [5.41, 5.74) is 1.21. The molecule has 0 saturated carbocycles. The number of carbonyl (C=O) groups excluding carboxylic acids is 1. The Bertz CT molecular complexity index is 1310. The van der Waals surface area contributed by atoms with E-state index in [4.69, 9.17) is 9.47 Å². The molecule has 2 aromatic carbocycles. The first kappa shape index (κ1) is 24.9. The van der Waals surface area contributed by atoms with Gasteiger partial charge in [0.05, 0.1) is 29.3 Å². The first-order valence-corrected chi connectivity index (χ1v) is 12.9. The van der Waals surface area contributed by atoms with E-state index in [1.54, 1.807) is 21.3 Å². The number of fused-ring (bicyclic) bond motifs is 1. The molecule has 0 radical (unpaired) electrons. The van der Waals surface area contributed by atoms with Crippen molar-refractivity contribution in [3.8, 4) is 11.5 Å². The number of thiazole rings is 1. The van der Waals surface area contributed by atoms with Crippen molar-refractivity contribution in [2.24, 2.45) is 4.99 Å². The van der Waals surface area contributed by atoms with Crippen LogP contribution in [0.5, 0.6) is 11.5 Å². The van der Waals surface area contributed by atoms with Crippen molar-refractivity contribution in [3.05, 3.63) is 46.8 Å². The van der Waals surface area contributed by atoms with Gasteiger partial charge in [0.2, 0.25) is 10.0 Å². The molecular formula is C23H29N3O5S2. The number of benzene rings is 2. The smallest absolute Gasteiger partial charge is 0.279 e. The first-order chi connectivity index (χ1) is 15.8. The average molecular weight is 492 g/mol. The quantitative estimate of drug-likeness (QED) is 0.453. The Morgan fingerprint density at radius 1 is 1.09 bits per heavy atom. The summed E-state index contributed by atoms with van der Waals surface area (Å²) in [7, 11) is 1.13. The molecule has 0 aliphatic heterocycles. The van der Waals surface area contributed by atoms with Gasteiger partial charge in [-0.3, -0.25) is 4.79 Å². The van der Waals surface area contributed by atoms with Gasteiger partial charge < -0.3 is 14.0 Å². The minimum Gasteiger partial charge on any atom is -0.493 e. The van der Waals surface area contributed by atoms with E-state index in [0.717, 1.165) is 23.1 Å². The Labute approximate surface area is 198 Å². The van der Waals surface area contributed by atoms with Crippen LogP contribution in [0.2, 0.25) is 0 Å². The van der Waals surface area contributed by atoms with Crippen molar-refractivity contribution in [1.82, 2.24) is 8.87 Å². The molecule has 0 unspecified atom stereocenters. The topological polar surface area (TPSA) is 90.2 Å². The van der Waals surface area contributed by atoms with E-state index in [1.807, 2.05) is 30.5 Å². The molecule has 1 heterocycles. The van der Waals surface area contributed by atoms with Crippen LogP contribution in [0, 0.1) is 0 Å². The number of methoxy groups -OCH3 is 2. The fourth-order valence-electron chi connectivity index (χ4n) is 3.39. The number of unbranched alkanes of at least 4 members (excludes halogenated alkanes) is 1. The van der Waals surface area contributed by atoms with E-state index in [2.05, 4.69) is 4.99 Å². The normalized spacial score (nSPS) is 12.5. The summed E-state index contributed by atoms with van der Waals surface area (Å²) < 4.78 is 40.3. The molecule has 1 amide bonds. The third-order valence-electron chi connectivity index (χ3n) is 5.34. The van der Waals surface area contributed by atoms with Crippen molar-refractivity contribution < 1.29 is 22.7 Å². The number of amides is 1. The molecule has 178 valence electrons. The van der Waals surface area contributed by atoms with Gasteiger partial charge in [0.1, 0.15) is 0 Å². The SMILES string of the molecule is CCCCN(C)S(=O)(=O)c1ccc(C(=O)N=c2sc3cc(OC)c(OC)cc3n2CC)cc1. The molecule has 33 heavy (non-hydrogen) atoms. The van der Waals surface area contributed by atoms with Crippen LogP contribution in [0.25, 0.3) is 10.2 Å². The number of hydrogen-bond donors (Lipinski definition) is 0. The zero-order valence-corrected chi connectivity index (χ0v) is 21.1. The minimum absolute atomic E-state index is 0.155. The van der Waals surface area contributed by atoms with Gasteiger partial charge in [-0.2, -0.15) is 4.99 Å².